The van der Waals surface area contributed by atoms with Gasteiger partial charge in [-0.15, -0.1) is 0 Å². The number of nitro groups is 1. The molecule has 2 amide bonds. The van der Waals surface area contributed by atoms with Gasteiger partial charge in [0.1, 0.15) is 5.75 Å². The largest absolute Gasteiger partial charge is 0.497 e. The first kappa shape index (κ1) is 25.2. The molecular weight excluding hydrogens is 476 g/mol. The Hall–Kier alpha value is -4.45. The number of hydrogen-bond donors (Lipinski definition) is 3. The molecule has 11 nitrogen and oxygen atoms in total. The number of benzene rings is 3. The van der Waals surface area contributed by atoms with Crippen LogP contribution in [0.25, 0.3) is 0 Å². The average molecular weight is 499 g/mol. The Morgan fingerprint density at radius 1 is 0.971 bits per heavy atom. The van der Waals surface area contributed by atoms with E-state index < -0.39 is 26.8 Å². The fourth-order valence-electron chi connectivity index (χ4n) is 2.96. The second-order valence-electron chi connectivity index (χ2n) is 7.22. The highest BCUT2D eigenvalue weighted by molar-refractivity contribution is 7.92. The molecule has 3 rings (SSSR count). The number of sulfonamides is 1. The molecule has 0 atom stereocenters. The van der Waals surface area contributed by atoms with Crippen molar-refractivity contribution in [1.29, 1.82) is 0 Å². The molecule has 0 radical (unpaired) electrons. The molecule has 0 unspecified atom stereocenters. The lowest BCUT2D eigenvalue weighted by Gasteiger charge is -2.11. The number of rotatable bonds is 10. The predicted octanol–water partition coefficient (Wildman–Crippen LogP) is 3.16. The number of hydrogen-bond acceptors (Lipinski definition) is 7. The zero-order chi connectivity index (χ0) is 25.4. The van der Waals surface area contributed by atoms with E-state index in [1.807, 2.05) is 0 Å². The van der Waals surface area contributed by atoms with Crippen molar-refractivity contribution in [2.75, 3.05) is 23.7 Å². The molecule has 0 heterocycles. The van der Waals surface area contributed by atoms with Crippen LogP contribution in [0.1, 0.15) is 16.8 Å². The van der Waals surface area contributed by atoms with Gasteiger partial charge in [-0.25, -0.2) is 8.42 Å². The van der Waals surface area contributed by atoms with Crippen molar-refractivity contribution in [3.8, 4) is 5.75 Å². The molecule has 3 aromatic carbocycles. The fourth-order valence-corrected chi connectivity index (χ4v) is 4.07. The molecule has 0 bridgehead atoms. The van der Waals surface area contributed by atoms with Crippen molar-refractivity contribution in [2.45, 2.75) is 11.3 Å². The Bertz CT molecular complexity index is 1320. The van der Waals surface area contributed by atoms with Crippen molar-refractivity contribution < 1.29 is 27.7 Å². The topological polar surface area (TPSA) is 157 Å². The highest BCUT2D eigenvalue weighted by Crippen LogP contribution is 2.21. The second kappa shape index (κ2) is 11.1. The number of amides is 2. The van der Waals surface area contributed by atoms with Gasteiger partial charge in [0.25, 0.3) is 21.6 Å². The minimum Gasteiger partial charge on any atom is -0.497 e. The number of non-ortho nitro benzene ring substituents is 1. The first-order valence-corrected chi connectivity index (χ1v) is 11.8. The molecule has 3 N–H and O–H groups in total. The van der Waals surface area contributed by atoms with Gasteiger partial charge in [-0.1, -0.05) is 6.07 Å². The summed E-state index contributed by atoms with van der Waals surface area (Å²) in [7, 11) is -2.39. The van der Waals surface area contributed by atoms with Gasteiger partial charge in [-0.3, -0.25) is 24.4 Å². The van der Waals surface area contributed by atoms with Crippen LogP contribution in [0.15, 0.2) is 77.7 Å². The van der Waals surface area contributed by atoms with E-state index in [-0.39, 0.29) is 34.8 Å². The Labute approximate surface area is 201 Å². The molecule has 12 heteroatoms. The monoisotopic (exact) mass is 498 g/mol. The Kier molecular flexibility index (Phi) is 8.00. The van der Waals surface area contributed by atoms with Gasteiger partial charge in [-0.2, -0.15) is 0 Å². The number of ether oxygens (including phenoxy) is 1. The summed E-state index contributed by atoms with van der Waals surface area (Å²) < 4.78 is 32.9. The highest BCUT2D eigenvalue weighted by atomic mass is 32.2. The summed E-state index contributed by atoms with van der Waals surface area (Å²) in [5, 5.41) is 15.8. The summed E-state index contributed by atoms with van der Waals surface area (Å²) in [5.74, 6) is -0.335. The molecular formula is C23H22N4O7S. The van der Waals surface area contributed by atoms with Crippen LogP contribution < -0.4 is 20.1 Å². The van der Waals surface area contributed by atoms with E-state index in [0.29, 0.717) is 11.4 Å². The van der Waals surface area contributed by atoms with Gasteiger partial charge in [0.05, 0.1) is 16.9 Å². The predicted molar refractivity (Wildman–Crippen MR) is 129 cm³/mol. The van der Waals surface area contributed by atoms with Gasteiger partial charge >= 0.3 is 0 Å². The second-order valence-corrected chi connectivity index (χ2v) is 8.90. The SMILES string of the molecule is COc1ccc(NS(=O)(=O)c2cccc(NC(=O)CCNC(=O)c3ccc([N+](=O)[O-])cc3)c2)cc1. The van der Waals surface area contributed by atoms with Gasteiger partial charge in [0.15, 0.2) is 0 Å². The number of methoxy groups -OCH3 is 1. The summed E-state index contributed by atoms with van der Waals surface area (Å²) in [6, 6.07) is 17.2. The zero-order valence-electron chi connectivity index (χ0n) is 18.6. The molecule has 0 spiro atoms. The molecule has 35 heavy (non-hydrogen) atoms. The lowest BCUT2D eigenvalue weighted by molar-refractivity contribution is -0.384. The minimum absolute atomic E-state index is 0.0126. The smallest absolute Gasteiger partial charge is 0.269 e. The zero-order valence-corrected chi connectivity index (χ0v) is 19.4. The third-order valence-corrected chi connectivity index (χ3v) is 6.13. The van der Waals surface area contributed by atoms with E-state index in [1.165, 1.54) is 49.6 Å². The number of nitrogens with one attached hydrogen (secondary N) is 3. The Morgan fingerprint density at radius 3 is 2.29 bits per heavy atom. The van der Waals surface area contributed by atoms with E-state index in [1.54, 1.807) is 30.3 Å². The maximum absolute atomic E-state index is 12.7. The average Bonchev–Trinajstić information content (AvgIpc) is 2.84. The minimum atomic E-state index is -3.90. The van der Waals surface area contributed by atoms with Gasteiger partial charge in [0, 0.05) is 42.0 Å². The summed E-state index contributed by atoms with van der Waals surface area (Å²) in [4.78, 5) is 34.4. The number of nitrogens with zero attached hydrogens (tertiary/aromatic N) is 1. The van der Waals surface area contributed by atoms with Gasteiger partial charge in [-0.05, 0) is 54.6 Å². The maximum atomic E-state index is 12.7. The molecule has 3 aromatic rings. The summed E-state index contributed by atoms with van der Waals surface area (Å²) >= 11 is 0. The van der Waals surface area contributed by atoms with Crippen molar-refractivity contribution in [1.82, 2.24) is 5.32 Å². The normalized spacial score (nSPS) is 10.8. The van der Waals surface area contributed by atoms with Crippen molar-refractivity contribution >= 4 is 38.9 Å². The molecule has 182 valence electrons. The standard InChI is InChI=1S/C23H22N4O7S/c1-34-20-11-7-17(8-12-20)26-35(32,33)21-4-2-3-18(15-21)25-22(28)13-14-24-23(29)16-5-9-19(10-6-16)27(30)31/h2-12,15,26H,13-14H2,1H3,(H,24,29)(H,25,28). The van der Waals surface area contributed by atoms with E-state index >= 15 is 0 Å². The summed E-state index contributed by atoms with van der Waals surface area (Å²) in [6.45, 7) is 0.0126. The Balaban J connectivity index is 1.54. The summed E-state index contributed by atoms with van der Waals surface area (Å²) in [5.41, 5.74) is 0.709. The van der Waals surface area contributed by atoms with Crippen LogP contribution in [0.5, 0.6) is 5.75 Å². The van der Waals surface area contributed by atoms with Crippen LogP contribution in [-0.2, 0) is 14.8 Å². The van der Waals surface area contributed by atoms with Crippen LogP contribution in [-0.4, -0.2) is 38.8 Å². The summed E-state index contributed by atoms with van der Waals surface area (Å²) in [6.07, 6.45) is -0.0696. The van der Waals surface area contributed by atoms with Gasteiger partial charge < -0.3 is 15.4 Å². The van der Waals surface area contributed by atoms with E-state index in [0.717, 1.165) is 0 Å². The molecule has 0 fully saturated rings. The molecule has 0 aliphatic rings. The van der Waals surface area contributed by atoms with Crippen molar-refractivity contribution in [3.63, 3.8) is 0 Å². The van der Waals surface area contributed by atoms with E-state index in [4.69, 9.17) is 4.74 Å². The van der Waals surface area contributed by atoms with Crippen molar-refractivity contribution in [2.24, 2.45) is 0 Å². The first-order chi connectivity index (χ1) is 16.7. The number of carbonyl (C=O) groups excluding carboxylic acids is 2. The quantitative estimate of drug-likeness (QED) is 0.286. The molecule has 0 saturated heterocycles. The Morgan fingerprint density at radius 2 is 1.66 bits per heavy atom. The number of nitro benzene ring substituents is 1. The molecule has 0 aromatic heterocycles. The van der Waals surface area contributed by atoms with E-state index in [2.05, 4.69) is 15.4 Å². The molecule has 0 aliphatic carbocycles. The van der Waals surface area contributed by atoms with Crippen LogP contribution in [0, 0.1) is 10.1 Å². The van der Waals surface area contributed by atoms with E-state index in [9.17, 15) is 28.1 Å². The number of anilines is 2. The molecule has 0 aliphatic heterocycles. The lowest BCUT2D eigenvalue weighted by atomic mass is 10.2. The van der Waals surface area contributed by atoms with Crippen LogP contribution in [0.3, 0.4) is 0 Å². The van der Waals surface area contributed by atoms with Crippen LogP contribution in [0.4, 0.5) is 17.1 Å². The lowest BCUT2D eigenvalue weighted by Crippen LogP contribution is -2.27. The fraction of sp³-hybridized carbons (Fsp3) is 0.130. The highest BCUT2D eigenvalue weighted by Gasteiger charge is 2.16. The van der Waals surface area contributed by atoms with Crippen molar-refractivity contribution in [3.05, 3.63) is 88.5 Å². The third kappa shape index (κ3) is 7.01. The van der Waals surface area contributed by atoms with Crippen LogP contribution in [0.2, 0.25) is 0 Å². The van der Waals surface area contributed by atoms with Gasteiger partial charge in [0.2, 0.25) is 5.91 Å². The molecule has 0 saturated carbocycles. The van der Waals surface area contributed by atoms with Crippen LogP contribution >= 0.6 is 0 Å². The third-order valence-electron chi connectivity index (χ3n) is 4.75. The first-order valence-electron chi connectivity index (χ1n) is 10.3. The number of carbonyl (C=O) groups is 2. The maximum Gasteiger partial charge on any atom is 0.269 e.